The second kappa shape index (κ2) is 6.41. The van der Waals surface area contributed by atoms with E-state index in [0.29, 0.717) is 5.56 Å². The molecule has 1 N–H and O–H groups in total. The van der Waals surface area contributed by atoms with E-state index in [-0.39, 0.29) is 5.91 Å². The van der Waals surface area contributed by atoms with Crippen LogP contribution in [0.15, 0.2) is 66.3 Å². The molecule has 0 aliphatic rings. The van der Waals surface area contributed by atoms with E-state index in [0.717, 1.165) is 27.7 Å². The summed E-state index contributed by atoms with van der Waals surface area (Å²) in [5.41, 5.74) is 3.15. The van der Waals surface area contributed by atoms with Crippen LogP contribution in [0, 0.1) is 0 Å². The molecule has 2 aromatic heterocycles. The second-order valence-corrected chi connectivity index (χ2v) is 6.36. The lowest BCUT2D eigenvalue weighted by Crippen LogP contribution is -2.11. The van der Waals surface area contributed by atoms with E-state index in [1.807, 2.05) is 46.4 Å². The highest BCUT2D eigenvalue weighted by Crippen LogP contribution is 2.24. The number of nitrogens with zero attached hydrogens (tertiary/aromatic N) is 2. The zero-order valence-electron chi connectivity index (χ0n) is 13.5. The van der Waals surface area contributed by atoms with Gasteiger partial charge in [-0.3, -0.25) is 9.20 Å². The number of ether oxygens (including phenoxy) is 1. The van der Waals surface area contributed by atoms with Crippen molar-refractivity contribution in [3.8, 4) is 17.0 Å². The van der Waals surface area contributed by atoms with Gasteiger partial charge in [0.2, 0.25) is 0 Å². The maximum atomic E-state index is 12.4. The highest BCUT2D eigenvalue weighted by molar-refractivity contribution is 7.15. The molecular weight excluding hydrogens is 334 g/mol. The molecule has 25 heavy (non-hydrogen) atoms. The summed E-state index contributed by atoms with van der Waals surface area (Å²) in [4.78, 5) is 17.9. The van der Waals surface area contributed by atoms with Crippen LogP contribution in [0.25, 0.3) is 16.2 Å². The van der Waals surface area contributed by atoms with Gasteiger partial charge in [-0.15, -0.1) is 11.3 Å². The molecule has 2 heterocycles. The van der Waals surface area contributed by atoms with Crippen molar-refractivity contribution in [3.63, 3.8) is 0 Å². The molecule has 0 aliphatic carbocycles. The number of rotatable bonds is 4. The number of hydrogen-bond donors (Lipinski definition) is 1. The number of thiazole rings is 1. The number of aromatic nitrogens is 2. The summed E-state index contributed by atoms with van der Waals surface area (Å²) in [5.74, 6) is 0.559. The van der Waals surface area contributed by atoms with E-state index in [9.17, 15) is 4.79 Å². The van der Waals surface area contributed by atoms with Gasteiger partial charge in [0, 0.05) is 34.6 Å². The Hall–Kier alpha value is -3.12. The fourth-order valence-electron chi connectivity index (χ4n) is 2.57. The van der Waals surface area contributed by atoms with Crippen LogP contribution in [-0.2, 0) is 0 Å². The first-order chi connectivity index (χ1) is 12.2. The van der Waals surface area contributed by atoms with Crippen molar-refractivity contribution >= 4 is 27.9 Å². The lowest BCUT2D eigenvalue weighted by molar-refractivity contribution is 0.102. The van der Waals surface area contributed by atoms with Crippen molar-refractivity contribution in [2.45, 2.75) is 0 Å². The van der Waals surface area contributed by atoms with E-state index < -0.39 is 0 Å². The van der Waals surface area contributed by atoms with Crippen molar-refractivity contribution in [1.29, 1.82) is 0 Å². The van der Waals surface area contributed by atoms with E-state index in [1.54, 1.807) is 42.7 Å². The quantitative estimate of drug-likeness (QED) is 0.597. The van der Waals surface area contributed by atoms with Gasteiger partial charge in [-0.2, -0.15) is 0 Å². The maximum Gasteiger partial charge on any atom is 0.255 e. The zero-order chi connectivity index (χ0) is 17.2. The molecule has 4 rings (SSSR count). The second-order valence-electron chi connectivity index (χ2n) is 5.48. The van der Waals surface area contributed by atoms with Crippen molar-refractivity contribution in [2.75, 3.05) is 12.4 Å². The van der Waals surface area contributed by atoms with Gasteiger partial charge < -0.3 is 10.1 Å². The van der Waals surface area contributed by atoms with Gasteiger partial charge in [0.1, 0.15) is 5.75 Å². The largest absolute Gasteiger partial charge is 0.497 e. The molecule has 0 radical (unpaired) electrons. The third-order valence-corrected chi connectivity index (χ3v) is 4.63. The molecule has 1 amide bonds. The Bertz CT molecular complexity index is 1010. The van der Waals surface area contributed by atoms with Crippen molar-refractivity contribution < 1.29 is 9.53 Å². The number of carbonyl (C=O) groups is 1. The standard InChI is InChI=1S/C19H15N3O2S/c1-24-16-7-5-13(6-8-16)18(23)20-15-4-2-3-14(11-15)17-12-22-9-10-25-19(22)21-17/h2-12H,1H3,(H,20,23). The van der Waals surface area contributed by atoms with E-state index >= 15 is 0 Å². The Kier molecular flexibility index (Phi) is 3.95. The number of nitrogens with one attached hydrogen (secondary N) is 1. The van der Waals surface area contributed by atoms with Crippen LogP contribution in [0.3, 0.4) is 0 Å². The number of hydrogen-bond acceptors (Lipinski definition) is 4. The predicted molar refractivity (Wildman–Crippen MR) is 99.5 cm³/mol. The minimum absolute atomic E-state index is 0.161. The van der Waals surface area contributed by atoms with Gasteiger partial charge in [0.25, 0.3) is 5.91 Å². The molecular formula is C19H15N3O2S. The molecule has 0 saturated carbocycles. The van der Waals surface area contributed by atoms with E-state index in [1.165, 1.54) is 0 Å². The summed E-state index contributed by atoms with van der Waals surface area (Å²) < 4.78 is 7.10. The summed E-state index contributed by atoms with van der Waals surface area (Å²) in [6.45, 7) is 0. The number of amides is 1. The highest BCUT2D eigenvalue weighted by Gasteiger charge is 2.09. The topological polar surface area (TPSA) is 55.6 Å². The number of imidazole rings is 1. The molecule has 0 bridgehead atoms. The normalized spacial score (nSPS) is 10.8. The number of benzene rings is 2. The average Bonchev–Trinajstić information content (AvgIpc) is 3.24. The minimum atomic E-state index is -0.161. The van der Waals surface area contributed by atoms with Gasteiger partial charge in [-0.1, -0.05) is 12.1 Å². The van der Waals surface area contributed by atoms with Gasteiger partial charge in [-0.25, -0.2) is 4.98 Å². The Morgan fingerprint density at radius 3 is 2.80 bits per heavy atom. The molecule has 6 heteroatoms. The van der Waals surface area contributed by atoms with Crippen molar-refractivity contribution in [1.82, 2.24) is 9.38 Å². The van der Waals surface area contributed by atoms with Crippen molar-refractivity contribution in [3.05, 3.63) is 71.9 Å². The van der Waals surface area contributed by atoms with Crippen LogP contribution in [-0.4, -0.2) is 22.4 Å². The Balaban J connectivity index is 1.56. The molecule has 5 nitrogen and oxygen atoms in total. The maximum absolute atomic E-state index is 12.4. The molecule has 2 aromatic carbocycles. The van der Waals surface area contributed by atoms with Crippen LogP contribution in [0.5, 0.6) is 5.75 Å². The molecule has 0 atom stereocenters. The number of anilines is 1. The average molecular weight is 349 g/mol. The molecule has 0 unspecified atom stereocenters. The fourth-order valence-corrected chi connectivity index (χ4v) is 3.27. The summed E-state index contributed by atoms with van der Waals surface area (Å²) in [6, 6.07) is 14.7. The van der Waals surface area contributed by atoms with Crippen molar-refractivity contribution in [2.24, 2.45) is 0 Å². The molecule has 4 aromatic rings. The first-order valence-electron chi connectivity index (χ1n) is 7.71. The van der Waals surface area contributed by atoms with Gasteiger partial charge in [0.15, 0.2) is 4.96 Å². The number of methoxy groups -OCH3 is 1. The first-order valence-corrected chi connectivity index (χ1v) is 8.59. The molecule has 124 valence electrons. The van der Waals surface area contributed by atoms with E-state index in [2.05, 4.69) is 10.3 Å². The predicted octanol–water partition coefficient (Wildman–Crippen LogP) is 4.32. The monoisotopic (exact) mass is 349 g/mol. The smallest absolute Gasteiger partial charge is 0.255 e. The van der Waals surface area contributed by atoms with E-state index in [4.69, 9.17) is 4.74 Å². The lowest BCUT2D eigenvalue weighted by Gasteiger charge is -2.07. The summed E-state index contributed by atoms with van der Waals surface area (Å²) >= 11 is 1.59. The molecule has 0 saturated heterocycles. The lowest BCUT2D eigenvalue weighted by atomic mass is 10.1. The molecule has 0 spiro atoms. The Morgan fingerprint density at radius 2 is 2.04 bits per heavy atom. The summed E-state index contributed by atoms with van der Waals surface area (Å²) in [7, 11) is 1.60. The zero-order valence-corrected chi connectivity index (χ0v) is 14.3. The first kappa shape index (κ1) is 15.4. The minimum Gasteiger partial charge on any atom is -0.497 e. The van der Waals surface area contributed by atoms with Gasteiger partial charge in [-0.05, 0) is 36.4 Å². The van der Waals surface area contributed by atoms with Crippen LogP contribution in [0.1, 0.15) is 10.4 Å². The van der Waals surface area contributed by atoms with Crippen LogP contribution in [0.2, 0.25) is 0 Å². The van der Waals surface area contributed by atoms with Crippen LogP contribution >= 0.6 is 11.3 Å². The van der Waals surface area contributed by atoms with Gasteiger partial charge in [0.05, 0.1) is 12.8 Å². The summed E-state index contributed by atoms with van der Waals surface area (Å²) in [5, 5.41) is 4.92. The third kappa shape index (κ3) is 3.12. The van der Waals surface area contributed by atoms with Crippen LogP contribution in [0.4, 0.5) is 5.69 Å². The fraction of sp³-hybridized carbons (Fsp3) is 0.0526. The van der Waals surface area contributed by atoms with Crippen LogP contribution < -0.4 is 10.1 Å². The summed E-state index contributed by atoms with van der Waals surface area (Å²) in [6.07, 6.45) is 3.96. The number of fused-ring (bicyclic) bond motifs is 1. The SMILES string of the molecule is COc1ccc(C(=O)Nc2cccc(-c3cn4ccsc4n3)c2)cc1. The highest BCUT2D eigenvalue weighted by atomic mass is 32.1. The third-order valence-electron chi connectivity index (χ3n) is 3.86. The Morgan fingerprint density at radius 1 is 1.20 bits per heavy atom. The molecule has 0 fully saturated rings. The Labute approximate surface area is 148 Å². The van der Waals surface area contributed by atoms with Gasteiger partial charge >= 0.3 is 0 Å². The number of carbonyl (C=O) groups excluding carboxylic acids is 1. The molecule has 0 aliphatic heterocycles.